The predicted molar refractivity (Wildman–Crippen MR) is 96.1 cm³/mol. The molecule has 0 aliphatic rings. The lowest BCUT2D eigenvalue weighted by Crippen LogP contribution is -2.21. The van der Waals surface area contributed by atoms with Crippen LogP contribution in [0.5, 0.6) is 11.5 Å². The molecule has 4 nitrogen and oxygen atoms in total. The van der Waals surface area contributed by atoms with Crippen molar-refractivity contribution in [3.63, 3.8) is 0 Å². The Morgan fingerprint density at radius 1 is 1.00 bits per heavy atom. The summed E-state index contributed by atoms with van der Waals surface area (Å²) in [6.07, 6.45) is 0.763. The largest absolute Gasteiger partial charge is 0.497 e. The second kappa shape index (κ2) is 7.21. The van der Waals surface area contributed by atoms with Crippen LogP contribution >= 0.6 is 0 Å². The highest BCUT2D eigenvalue weighted by Crippen LogP contribution is 2.18. The lowest BCUT2D eigenvalue weighted by molar-refractivity contribution is 0.301. The van der Waals surface area contributed by atoms with Crippen molar-refractivity contribution < 1.29 is 9.47 Å². The van der Waals surface area contributed by atoms with Crippen molar-refractivity contribution in [3.05, 3.63) is 70.5 Å². The molecule has 0 atom stereocenters. The smallest absolute Gasteiger partial charge is 0.251 e. The summed E-state index contributed by atoms with van der Waals surface area (Å²) >= 11 is 0. The van der Waals surface area contributed by atoms with Crippen LogP contribution in [0, 0.1) is 6.92 Å². The number of pyridine rings is 1. The number of nitrogens with zero attached hydrogens (tertiary/aromatic N) is 1. The van der Waals surface area contributed by atoms with E-state index in [0.29, 0.717) is 13.2 Å². The van der Waals surface area contributed by atoms with Crippen LogP contribution in [0.3, 0.4) is 0 Å². The number of ether oxygens (including phenoxy) is 2. The quantitative estimate of drug-likeness (QED) is 0.648. The maximum Gasteiger partial charge on any atom is 0.251 e. The van der Waals surface area contributed by atoms with Crippen LogP contribution < -0.4 is 15.0 Å². The van der Waals surface area contributed by atoms with Crippen molar-refractivity contribution >= 4 is 10.9 Å². The van der Waals surface area contributed by atoms with Gasteiger partial charge in [-0.2, -0.15) is 0 Å². The van der Waals surface area contributed by atoms with E-state index in [0.717, 1.165) is 34.4 Å². The van der Waals surface area contributed by atoms with Crippen LogP contribution in [0.4, 0.5) is 0 Å². The predicted octanol–water partition coefficient (Wildman–Crippen LogP) is 3.79. The average molecular weight is 323 g/mol. The Balaban J connectivity index is 1.66. The summed E-state index contributed by atoms with van der Waals surface area (Å²) in [4.78, 5) is 12.3. The summed E-state index contributed by atoms with van der Waals surface area (Å²) in [5.41, 5.74) is 2.03. The van der Waals surface area contributed by atoms with Gasteiger partial charge in [-0.15, -0.1) is 0 Å². The van der Waals surface area contributed by atoms with E-state index in [-0.39, 0.29) is 5.56 Å². The zero-order valence-electron chi connectivity index (χ0n) is 14.0. The molecule has 0 saturated heterocycles. The second-order valence-electron chi connectivity index (χ2n) is 5.71. The van der Waals surface area contributed by atoms with Gasteiger partial charge in [-0.25, -0.2) is 0 Å². The van der Waals surface area contributed by atoms with E-state index in [2.05, 4.69) is 6.07 Å². The first-order chi connectivity index (χ1) is 11.7. The van der Waals surface area contributed by atoms with Gasteiger partial charge in [-0.05, 0) is 49.2 Å². The molecule has 2 aromatic carbocycles. The van der Waals surface area contributed by atoms with Gasteiger partial charge < -0.3 is 14.0 Å². The third-order valence-corrected chi connectivity index (χ3v) is 4.08. The van der Waals surface area contributed by atoms with Crippen molar-refractivity contribution in [1.82, 2.24) is 4.57 Å². The molecule has 3 rings (SSSR count). The Morgan fingerprint density at radius 2 is 1.71 bits per heavy atom. The molecular formula is C20H21NO3. The van der Waals surface area contributed by atoms with Crippen LogP contribution in [0.2, 0.25) is 0 Å². The van der Waals surface area contributed by atoms with Crippen molar-refractivity contribution in [2.45, 2.75) is 19.9 Å². The van der Waals surface area contributed by atoms with Gasteiger partial charge in [0, 0.05) is 18.0 Å². The first-order valence-electron chi connectivity index (χ1n) is 8.05. The summed E-state index contributed by atoms with van der Waals surface area (Å²) in [6.45, 7) is 3.16. The number of aromatic nitrogens is 1. The van der Waals surface area contributed by atoms with E-state index in [1.165, 1.54) is 0 Å². The summed E-state index contributed by atoms with van der Waals surface area (Å²) in [7, 11) is 1.64. The summed E-state index contributed by atoms with van der Waals surface area (Å²) in [5.74, 6) is 1.61. The Hall–Kier alpha value is -2.75. The van der Waals surface area contributed by atoms with E-state index in [1.54, 1.807) is 13.2 Å². The fourth-order valence-electron chi connectivity index (χ4n) is 2.82. The topological polar surface area (TPSA) is 40.5 Å². The number of aryl methyl sites for hydroxylation is 2. The highest BCUT2D eigenvalue weighted by molar-refractivity contribution is 5.82. The van der Waals surface area contributed by atoms with Gasteiger partial charge in [0.05, 0.1) is 19.2 Å². The number of fused-ring (bicyclic) bond motifs is 1. The van der Waals surface area contributed by atoms with Crippen LogP contribution in [-0.2, 0) is 6.54 Å². The van der Waals surface area contributed by atoms with E-state index in [9.17, 15) is 4.79 Å². The van der Waals surface area contributed by atoms with Gasteiger partial charge in [-0.3, -0.25) is 4.79 Å². The average Bonchev–Trinajstić information content (AvgIpc) is 2.61. The van der Waals surface area contributed by atoms with Gasteiger partial charge in [0.15, 0.2) is 0 Å². The number of hydrogen-bond donors (Lipinski definition) is 0. The number of para-hydroxylation sites is 1. The van der Waals surface area contributed by atoms with E-state index in [1.807, 2.05) is 54.0 Å². The summed E-state index contributed by atoms with van der Waals surface area (Å²) < 4.78 is 12.7. The zero-order valence-corrected chi connectivity index (χ0v) is 14.0. The minimum Gasteiger partial charge on any atom is -0.497 e. The molecule has 0 saturated carbocycles. The second-order valence-corrected chi connectivity index (χ2v) is 5.71. The molecule has 24 heavy (non-hydrogen) atoms. The molecular weight excluding hydrogens is 302 g/mol. The van der Waals surface area contributed by atoms with Gasteiger partial charge >= 0.3 is 0 Å². The van der Waals surface area contributed by atoms with Crippen molar-refractivity contribution in [3.8, 4) is 11.5 Å². The molecule has 0 fully saturated rings. The third kappa shape index (κ3) is 3.43. The standard InChI is InChI=1S/C20H21NO3/c1-15-14-20(22)21(19-7-4-3-6-18(15)19)12-5-13-24-17-10-8-16(23-2)9-11-17/h3-4,6-11,14H,5,12-13H2,1-2H3. The first-order valence-corrected chi connectivity index (χ1v) is 8.05. The van der Waals surface area contributed by atoms with E-state index >= 15 is 0 Å². The van der Waals surface area contributed by atoms with Gasteiger partial charge in [0.1, 0.15) is 11.5 Å². The molecule has 0 radical (unpaired) electrons. The molecule has 1 heterocycles. The number of hydrogen-bond acceptors (Lipinski definition) is 3. The maximum atomic E-state index is 12.3. The minimum absolute atomic E-state index is 0.0376. The van der Waals surface area contributed by atoms with Crippen LogP contribution in [0.1, 0.15) is 12.0 Å². The minimum atomic E-state index is 0.0376. The summed E-state index contributed by atoms with van der Waals surface area (Å²) in [5, 5.41) is 1.12. The fraction of sp³-hybridized carbons (Fsp3) is 0.250. The van der Waals surface area contributed by atoms with Crippen LogP contribution in [0.25, 0.3) is 10.9 Å². The van der Waals surface area contributed by atoms with Crippen molar-refractivity contribution in [2.24, 2.45) is 0 Å². The Bertz CT molecular complexity index is 882. The number of rotatable bonds is 6. The molecule has 0 unspecified atom stereocenters. The number of benzene rings is 2. The Morgan fingerprint density at radius 3 is 2.46 bits per heavy atom. The molecule has 1 aromatic heterocycles. The SMILES string of the molecule is COc1ccc(OCCCn2c(=O)cc(C)c3ccccc32)cc1. The first kappa shape index (κ1) is 16.1. The van der Waals surface area contributed by atoms with Gasteiger partial charge in [-0.1, -0.05) is 18.2 Å². The molecule has 0 aliphatic carbocycles. The van der Waals surface area contributed by atoms with Crippen LogP contribution in [-0.4, -0.2) is 18.3 Å². The molecule has 0 bridgehead atoms. The Labute approximate surface area is 141 Å². The summed E-state index contributed by atoms with van der Waals surface area (Å²) in [6, 6.07) is 17.2. The number of methoxy groups -OCH3 is 1. The van der Waals surface area contributed by atoms with Crippen molar-refractivity contribution in [1.29, 1.82) is 0 Å². The lowest BCUT2D eigenvalue weighted by Gasteiger charge is -2.12. The van der Waals surface area contributed by atoms with Crippen LogP contribution in [0.15, 0.2) is 59.4 Å². The van der Waals surface area contributed by atoms with Crippen molar-refractivity contribution in [2.75, 3.05) is 13.7 Å². The normalized spacial score (nSPS) is 10.8. The zero-order chi connectivity index (χ0) is 16.9. The van der Waals surface area contributed by atoms with E-state index < -0.39 is 0 Å². The fourth-order valence-corrected chi connectivity index (χ4v) is 2.82. The highest BCUT2D eigenvalue weighted by Gasteiger charge is 2.05. The van der Waals surface area contributed by atoms with E-state index in [4.69, 9.17) is 9.47 Å². The van der Waals surface area contributed by atoms with Gasteiger partial charge in [0.2, 0.25) is 0 Å². The molecule has 0 N–H and O–H groups in total. The molecule has 124 valence electrons. The monoisotopic (exact) mass is 323 g/mol. The molecule has 0 aliphatic heterocycles. The highest BCUT2D eigenvalue weighted by atomic mass is 16.5. The molecule has 0 amide bonds. The lowest BCUT2D eigenvalue weighted by atomic mass is 10.1. The maximum absolute atomic E-state index is 12.3. The van der Waals surface area contributed by atoms with Gasteiger partial charge in [0.25, 0.3) is 5.56 Å². The Kier molecular flexibility index (Phi) is 4.85. The molecule has 3 aromatic rings. The molecule has 4 heteroatoms. The molecule has 0 spiro atoms. The third-order valence-electron chi connectivity index (χ3n) is 4.08.